The Balaban J connectivity index is 2.13. The Kier molecular flexibility index (Phi) is 1.68. The average molecular weight is 232 g/mol. The molecule has 0 amide bonds. The highest BCUT2D eigenvalue weighted by Gasteiger charge is 2.39. The smallest absolute Gasteiger partial charge is 0.348 e. The van der Waals surface area contributed by atoms with Gasteiger partial charge in [0.1, 0.15) is 5.56 Å². The maximum atomic E-state index is 11.5. The summed E-state index contributed by atoms with van der Waals surface area (Å²) in [4.78, 5) is 22.9. The van der Waals surface area contributed by atoms with Crippen LogP contribution in [0.4, 0.5) is 0 Å². The minimum Gasteiger partial charge on any atom is -0.448 e. The highest BCUT2D eigenvalue weighted by molar-refractivity contribution is 6.12. The third kappa shape index (κ3) is 1.08. The first-order chi connectivity index (χ1) is 8.00. The van der Waals surface area contributed by atoms with Gasteiger partial charge in [0, 0.05) is 11.1 Å². The van der Waals surface area contributed by atoms with E-state index in [4.69, 9.17) is 13.9 Å². The van der Waals surface area contributed by atoms with E-state index in [9.17, 15) is 9.59 Å². The molecule has 0 spiro atoms. The molecule has 0 aliphatic carbocycles. The van der Waals surface area contributed by atoms with Gasteiger partial charge in [-0.2, -0.15) is 0 Å². The van der Waals surface area contributed by atoms with Crippen molar-refractivity contribution < 1.29 is 23.5 Å². The third-order valence-electron chi connectivity index (χ3n) is 2.71. The van der Waals surface area contributed by atoms with Gasteiger partial charge in [-0.1, -0.05) is 6.58 Å². The van der Waals surface area contributed by atoms with Gasteiger partial charge in [-0.15, -0.1) is 0 Å². The van der Waals surface area contributed by atoms with Gasteiger partial charge in [-0.25, -0.2) is 9.59 Å². The number of ether oxygens (including phenoxy) is 2. The molecule has 0 atom stereocenters. The monoisotopic (exact) mass is 232 g/mol. The van der Waals surface area contributed by atoms with Crippen LogP contribution in [0.3, 0.4) is 0 Å². The van der Waals surface area contributed by atoms with Crippen molar-refractivity contribution >= 4 is 23.1 Å². The van der Waals surface area contributed by atoms with E-state index in [-0.39, 0.29) is 17.1 Å². The zero-order valence-corrected chi connectivity index (χ0v) is 9.25. The lowest BCUT2D eigenvalue weighted by Gasteiger charge is -2.02. The van der Waals surface area contributed by atoms with Crippen LogP contribution in [0.15, 0.2) is 16.6 Å². The van der Waals surface area contributed by atoms with Crippen molar-refractivity contribution in [3.05, 3.63) is 23.3 Å². The first kappa shape index (κ1) is 9.89. The van der Waals surface area contributed by atoms with Crippen LogP contribution in [0.25, 0.3) is 11.2 Å². The Morgan fingerprint density at radius 1 is 1.35 bits per heavy atom. The van der Waals surface area contributed by atoms with Crippen molar-refractivity contribution in [3.63, 3.8) is 0 Å². The molecule has 0 saturated heterocycles. The molecule has 2 aromatic heterocycles. The average Bonchev–Trinajstić information content (AvgIpc) is 2.82. The molecule has 1 aliphatic rings. The lowest BCUT2D eigenvalue weighted by Crippen LogP contribution is -2.08. The van der Waals surface area contributed by atoms with Gasteiger partial charge >= 0.3 is 11.9 Å². The number of hydrogen-bond acceptors (Lipinski definition) is 5. The van der Waals surface area contributed by atoms with E-state index in [0.29, 0.717) is 22.3 Å². The van der Waals surface area contributed by atoms with E-state index in [2.05, 4.69) is 6.58 Å². The molecular weight excluding hydrogens is 224 g/mol. The summed E-state index contributed by atoms with van der Waals surface area (Å²) >= 11 is 0. The van der Waals surface area contributed by atoms with Gasteiger partial charge in [-0.05, 0) is 13.8 Å². The molecular formula is C12H8O5. The van der Waals surface area contributed by atoms with Crippen molar-refractivity contribution in [3.8, 4) is 11.5 Å². The van der Waals surface area contributed by atoms with E-state index >= 15 is 0 Å². The second-order valence-electron chi connectivity index (χ2n) is 3.98. The van der Waals surface area contributed by atoms with Crippen LogP contribution in [0, 0.1) is 6.92 Å². The van der Waals surface area contributed by atoms with E-state index in [0.717, 1.165) is 0 Å². The van der Waals surface area contributed by atoms with Crippen molar-refractivity contribution in [2.24, 2.45) is 0 Å². The number of furan rings is 2. The zero-order chi connectivity index (χ0) is 12.3. The molecule has 0 unspecified atom stereocenters. The van der Waals surface area contributed by atoms with Crippen LogP contribution < -0.4 is 9.47 Å². The van der Waals surface area contributed by atoms with Crippen molar-refractivity contribution in [2.75, 3.05) is 0 Å². The first-order valence-electron chi connectivity index (χ1n) is 4.99. The van der Waals surface area contributed by atoms with Crippen molar-refractivity contribution in [1.82, 2.24) is 0 Å². The van der Waals surface area contributed by atoms with E-state index < -0.39 is 11.9 Å². The Hall–Kier alpha value is -2.30. The predicted molar refractivity (Wildman–Crippen MR) is 57.5 cm³/mol. The summed E-state index contributed by atoms with van der Waals surface area (Å²) in [6.07, 6.45) is 0. The predicted octanol–water partition coefficient (Wildman–Crippen LogP) is 2.19. The van der Waals surface area contributed by atoms with Gasteiger partial charge in [0.05, 0.1) is 0 Å². The number of esters is 2. The third-order valence-corrected chi connectivity index (χ3v) is 2.71. The molecule has 3 heterocycles. The van der Waals surface area contributed by atoms with Crippen LogP contribution in [0.2, 0.25) is 0 Å². The normalized spacial score (nSPS) is 13.2. The second kappa shape index (κ2) is 2.88. The van der Waals surface area contributed by atoms with Gasteiger partial charge in [-0.3, -0.25) is 0 Å². The molecule has 0 N–H and O–H groups in total. The largest absolute Gasteiger partial charge is 0.448 e. The van der Waals surface area contributed by atoms with E-state index in [1.165, 1.54) is 6.92 Å². The fraction of sp³-hybridized carbons (Fsp3) is 0.167. The van der Waals surface area contributed by atoms with Gasteiger partial charge in [0.15, 0.2) is 11.2 Å². The second-order valence-corrected chi connectivity index (χ2v) is 3.98. The summed E-state index contributed by atoms with van der Waals surface area (Å²) in [5.41, 5.74) is 2.05. The maximum Gasteiger partial charge on any atom is 0.348 e. The summed E-state index contributed by atoms with van der Waals surface area (Å²) in [6, 6.07) is 0. The minimum atomic E-state index is -0.575. The highest BCUT2D eigenvalue weighted by atomic mass is 16.6. The van der Waals surface area contributed by atoms with Crippen LogP contribution in [-0.4, -0.2) is 11.9 Å². The van der Waals surface area contributed by atoms with Crippen LogP contribution in [0.5, 0.6) is 11.5 Å². The van der Waals surface area contributed by atoms with Crippen LogP contribution in [0.1, 0.15) is 22.8 Å². The van der Waals surface area contributed by atoms with Gasteiger partial charge < -0.3 is 13.9 Å². The Labute approximate surface area is 95.9 Å². The van der Waals surface area contributed by atoms with E-state index in [1.807, 2.05) is 0 Å². The molecule has 0 fully saturated rings. The van der Waals surface area contributed by atoms with Gasteiger partial charge in [0.25, 0.3) is 0 Å². The fourth-order valence-electron chi connectivity index (χ4n) is 1.85. The fourth-order valence-corrected chi connectivity index (χ4v) is 1.85. The molecule has 5 heteroatoms. The SMILES string of the molecule is C=C(C)C(=O)Oc1c2c3oc1c(C)c3C(=O)O2. The summed E-state index contributed by atoms with van der Waals surface area (Å²) < 4.78 is 15.5. The van der Waals surface area contributed by atoms with Crippen LogP contribution in [-0.2, 0) is 4.79 Å². The highest BCUT2D eigenvalue weighted by Crippen LogP contribution is 2.51. The molecule has 5 nitrogen and oxygen atoms in total. The lowest BCUT2D eigenvalue weighted by atomic mass is 10.1. The molecule has 86 valence electrons. The van der Waals surface area contributed by atoms with Crippen molar-refractivity contribution in [2.45, 2.75) is 13.8 Å². The molecule has 2 bridgehead atoms. The van der Waals surface area contributed by atoms with Gasteiger partial charge in [0.2, 0.25) is 11.5 Å². The topological polar surface area (TPSA) is 65.7 Å². The Morgan fingerprint density at radius 3 is 2.71 bits per heavy atom. The Bertz CT molecular complexity index is 676. The summed E-state index contributed by atoms with van der Waals surface area (Å²) in [7, 11) is 0. The molecule has 0 aromatic carbocycles. The molecule has 2 aromatic rings. The summed E-state index contributed by atoms with van der Waals surface area (Å²) in [5.74, 6) is -0.682. The number of benzene rings is 1. The molecule has 1 aliphatic heterocycles. The maximum absolute atomic E-state index is 11.5. The molecule has 0 saturated carbocycles. The van der Waals surface area contributed by atoms with E-state index in [1.54, 1.807) is 6.92 Å². The number of carbonyl (C=O) groups excluding carboxylic acids is 2. The quantitative estimate of drug-likeness (QED) is 0.451. The van der Waals surface area contributed by atoms with Crippen molar-refractivity contribution in [1.29, 1.82) is 0 Å². The number of fused-ring (bicyclic) bond motifs is 1. The summed E-state index contributed by atoms with van der Waals surface area (Å²) in [5, 5.41) is 0. The summed E-state index contributed by atoms with van der Waals surface area (Å²) in [6.45, 7) is 6.73. The first-order valence-corrected chi connectivity index (χ1v) is 4.99. The molecule has 0 radical (unpaired) electrons. The minimum absolute atomic E-state index is 0.167. The molecule has 3 rings (SSSR count). The number of aryl methyl sites for hydroxylation is 1. The number of rotatable bonds is 2. The standard InChI is InChI=1S/C12H8O5/c1-4(2)11(13)16-9-7-5(3)6-8(15-7)10(9)17-12(6)14/h1H2,2-3H3. The lowest BCUT2D eigenvalue weighted by molar-refractivity contribution is -0.130. The van der Waals surface area contributed by atoms with Crippen LogP contribution >= 0.6 is 0 Å². The Morgan fingerprint density at radius 2 is 2.06 bits per heavy atom. The zero-order valence-electron chi connectivity index (χ0n) is 9.25. The molecule has 17 heavy (non-hydrogen) atoms. The number of hydrogen-bond donors (Lipinski definition) is 0. The number of carbonyl (C=O) groups is 2.